The third kappa shape index (κ3) is 3.58. The third-order valence-electron chi connectivity index (χ3n) is 3.04. The molecule has 0 aliphatic carbocycles. The van der Waals surface area contributed by atoms with Crippen LogP contribution in [0.1, 0.15) is 31.0 Å². The third-order valence-corrected chi connectivity index (χ3v) is 3.04. The van der Waals surface area contributed by atoms with E-state index in [9.17, 15) is 0 Å². The highest BCUT2D eigenvalue weighted by atomic mass is 16.5. The summed E-state index contributed by atoms with van der Waals surface area (Å²) in [5, 5.41) is 3.53. The van der Waals surface area contributed by atoms with Crippen LogP contribution in [-0.4, -0.2) is 13.2 Å². The molecule has 0 spiro atoms. The second kappa shape index (κ2) is 6.95. The van der Waals surface area contributed by atoms with Crippen LogP contribution >= 0.6 is 0 Å². The highest BCUT2D eigenvalue weighted by molar-refractivity contribution is 5.36. The Morgan fingerprint density at radius 1 is 0.947 bits per heavy atom. The molecule has 0 saturated heterocycles. The molecule has 2 nitrogen and oxygen atoms in total. The zero-order valence-electron chi connectivity index (χ0n) is 11.6. The highest BCUT2D eigenvalue weighted by Gasteiger charge is 2.12. The average molecular weight is 255 g/mol. The number of hydrogen-bond acceptors (Lipinski definition) is 2. The minimum Gasteiger partial charge on any atom is -0.494 e. The van der Waals surface area contributed by atoms with Crippen LogP contribution in [0.3, 0.4) is 0 Å². The van der Waals surface area contributed by atoms with Crippen molar-refractivity contribution in [1.82, 2.24) is 5.32 Å². The smallest absolute Gasteiger partial charge is 0.119 e. The van der Waals surface area contributed by atoms with Crippen molar-refractivity contribution in [2.24, 2.45) is 0 Å². The molecule has 0 heterocycles. The van der Waals surface area contributed by atoms with E-state index < -0.39 is 0 Å². The van der Waals surface area contributed by atoms with Gasteiger partial charge in [-0.1, -0.05) is 49.4 Å². The molecule has 2 heteroatoms. The molecule has 0 aromatic heterocycles. The Labute approximate surface area is 115 Å². The lowest BCUT2D eigenvalue weighted by molar-refractivity contribution is 0.339. The first-order valence-electron chi connectivity index (χ1n) is 6.86. The predicted octanol–water partition coefficient (Wildman–Crippen LogP) is 3.78. The van der Waals surface area contributed by atoms with Crippen molar-refractivity contribution in [3.63, 3.8) is 0 Å². The maximum atomic E-state index is 5.58. The Morgan fingerprint density at radius 2 is 1.68 bits per heavy atom. The van der Waals surface area contributed by atoms with Gasteiger partial charge in [0.15, 0.2) is 0 Å². The van der Waals surface area contributed by atoms with Crippen LogP contribution in [0.2, 0.25) is 0 Å². The molecule has 2 rings (SSSR count). The molecule has 1 unspecified atom stereocenters. The van der Waals surface area contributed by atoms with Crippen molar-refractivity contribution < 1.29 is 4.74 Å². The fourth-order valence-corrected chi connectivity index (χ4v) is 2.23. The molecule has 0 saturated carbocycles. The average Bonchev–Trinajstić information content (AvgIpc) is 2.46. The Hall–Kier alpha value is -1.80. The number of rotatable bonds is 6. The normalized spacial score (nSPS) is 12.1. The van der Waals surface area contributed by atoms with Crippen molar-refractivity contribution in [2.75, 3.05) is 13.2 Å². The zero-order valence-corrected chi connectivity index (χ0v) is 11.6. The summed E-state index contributed by atoms with van der Waals surface area (Å²) in [4.78, 5) is 0. The van der Waals surface area contributed by atoms with Crippen LogP contribution in [0, 0.1) is 0 Å². The fraction of sp³-hybridized carbons (Fsp3) is 0.294. The first-order chi connectivity index (χ1) is 9.35. The highest BCUT2D eigenvalue weighted by Crippen LogP contribution is 2.25. The summed E-state index contributed by atoms with van der Waals surface area (Å²) in [6.45, 7) is 5.76. The van der Waals surface area contributed by atoms with Crippen molar-refractivity contribution in [1.29, 1.82) is 0 Å². The SMILES string of the molecule is CCNC(c1ccccc1)c1cccc(OCC)c1. The van der Waals surface area contributed by atoms with Gasteiger partial charge in [-0.25, -0.2) is 0 Å². The van der Waals surface area contributed by atoms with Gasteiger partial charge in [0.05, 0.1) is 12.6 Å². The first kappa shape index (κ1) is 13.6. The van der Waals surface area contributed by atoms with Crippen LogP contribution in [-0.2, 0) is 0 Å². The van der Waals surface area contributed by atoms with E-state index >= 15 is 0 Å². The van der Waals surface area contributed by atoms with E-state index in [1.54, 1.807) is 0 Å². The summed E-state index contributed by atoms with van der Waals surface area (Å²) in [7, 11) is 0. The van der Waals surface area contributed by atoms with Crippen LogP contribution in [0.15, 0.2) is 54.6 Å². The van der Waals surface area contributed by atoms with Crippen LogP contribution in [0.5, 0.6) is 5.75 Å². The summed E-state index contributed by atoms with van der Waals surface area (Å²) >= 11 is 0. The molecular formula is C17H21NO. The number of ether oxygens (including phenoxy) is 1. The summed E-state index contributed by atoms with van der Waals surface area (Å²) in [6.07, 6.45) is 0. The van der Waals surface area contributed by atoms with Crippen LogP contribution in [0.4, 0.5) is 0 Å². The van der Waals surface area contributed by atoms with Gasteiger partial charge in [0.2, 0.25) is 0 Å². The Balaban J connectivity index is 2.31. The summed E-state index contributed by atoms with van der Waals surface area (Å²) < 4.78 is 5.58. The molecular weight excluding hydrogens is 234 g/mol. The molecule has 2 aromatic carbocycles. The minimum absolute atomic E-state index is 0.214. The Morgan fingerprint density at radius 3 is 2.37 bits per heavy atom. The minimum atomic E-state index is 0.214. The maximum Gasteiger partial charge on any atom is 0.119 e. The van der Waals surface area contributed by atoms with Gasteiger partial charge in [0, 0.05) is 0 Å². The number of benzene rings is 2. The van der Waals surface area contributed by atoms with Gasteiger partial charge < -0.3 is 10.1 Å². The Kier molecular flexibility index (Phi) is 4.99. The summed E-state index contributed by atoms with van der Waals surface area (Å²) in [5.74, 6) is 0.929. The van der Waals surface area contributed by atoms with E-state index in [2.05, 4.69) is 48.6 Å². The maximum absolute atomic E-state index is 5.58. The van der Waals surface area contributed by atoms with Gasteiger partial charge in [-0.2, -0.15) is 0 Å². The van der Waals surface area contributed by atoms with E-state index in [0.29, 0.717) is 6.61 Å². The monoisotopic (exact) mass is 255 g/mol. The van der Waals surface area contributed by atoms with Gasteiger partial charge in [-0.3, -0.25) is 0 Å². The van der Waals surface area contributed by atoms with Crippen molar-refractivity contribution in [3.8, 4) is 5.75 Å². The standard InChI is InChI=1S/C17H21NO/c1-3-18-17(14-9-6-5-7-10-14)15-11-8-12-16(13-15)19-4-2/h5-13,17-18H,3-4H2,1-2H3. The largest absolute Gasteiger partial charge is 0.494 e. The molecule has 0 bridgehead atoms. The molecule has 1 atom stereocenters. The molecule has 19 heavy (non-hydrogen) atoms. The number of nitrogens with one attached hydrogen (secondary N) is 1. The Bertz CT molecular complexity index is 496. The van der Waals surface area contributed by atoms with E-state index in [-0.39, 0.29) is 6.04 Å². The molecule has 0 aliphatic rings. The van der Waals surface area contributed by atoms with Crippen molar-refractivity contribution in [2.45, 2.75) is 19.9 Å². The second-order valence-corrected chi connectivity index (χ2v) is 4.41. The van der Waals surface area contributed by atoms with Crippen molar-refractivity contribution in [3.05, 3.63) is 65.7 Å². The predicted molar refractivity (Wildman–Crippen MR) is 79.6 cm³/mol. The topological polar surface area (TPSA) is 21.3 Å². The van der Waals surface area contributed by atoms with Gasteiger partial charge in [0.25, 0.3) is 0 Å². The summed E-state index contributed by atoms with van der Waals surface area (Å²) in [5.41, 5.74) is 2.51. The molecule has 0 radical (unpaired) electrons. The molecule has 2 aromatic rings. The summed E-state index contributed by atoms with van der Waals surface area (Å²) in [6, 6.07) is 19.0. The molecule has 1 N–H and O–H groups in total. The van der Waals surface area contributed by atoms with E-state index in [0.717, 1.165) is 12.3 Å². The van der Waals surface area contributed by atoms with Gasteiger partial charge in [-0.05, 0) is 36.7 Å². The van der Waals surface area contributed by atoms with Crippen molar-refractivity contribution >= 4 is 0 Å². The molecule has 0 fully saturated rings. The van der Waals surface area contributed by atoms with Gasteiger partial charge in [-0.15, -0.1) is 0 Å². The molecule has 0 amide bonds. The van der Waals surface area contributed by atoms with E-state index in [1.165, 1.54) is 11.1 Å². The van der Waals surface area contributed by atoms with Gasteiger partial charge in [0.1, 0.15) is 5.75 Å². The fourth-order valence-electron chi connectivity index (χ4n) is 2.23. The number of hydrogen-bond donors (Lipinski definition) is 1. The lowest BCUT2D eigenvalue weighted by Crippen LogP contribution is -2.21. The van der Waals surface area contributed by atoms with Crippen LogP contribution in [0.25, 0.3) is 0 Å². The second-order valence-electron chi connectivity index (χ2n) is 4.41. The first-order valence-corrected chi connectivity index (χ1v) is 6.86. The van der Waals surface area contributed by atoms with E-state index in [1.807, 2.05) is 25.1 Å². The zero-order chi connectivity index (χ0) is 13.5. The molecule has 0 aliphatic heterocycles. The lowest BCUT2D eigenvalue weighted by Gasteiger charge is -2.19. The van der Waals surface area contributed by atoms with Crippen LogP contribution < -0.4 is 10.1 Å². The lowest BCUT2D eigenvalue weighted by atomic mass is 9.98. The molecule has 100 valence electrons. The van der Waals surface area contributed by atoms with Gasteiger partial charge >= 0.3 is 0 Å². The van der Waals surface area contributed by atoms with E-state index in [4.69, 9.17) is 4.74 Å². The quantitative estimate of drug-likeness (QED) is 0.848.